The number of nitrogens with zero attached hydrogens (tertiary/aromatic N) is 1. The largest absolute Gasteiger partial charge is 0.361 e. The van der Waals surface area contributed by atoms with Crippen molar-refractivity contribution < 1.29 is 9.59 Å². The monoisotopic (exact) mass is 433 g/mol. The summed E-state index contributed by atoms with van der Waals surface area (Å²) in [6.45, 7) is 1.70. The van der Waals surface area contributed by atoms with Crippen LogP contribution in [0.25, 0.3) is 10.9 Å². The summed E-state index contributed by atoms with van der Waals surface area (Å²) in [5, 5.41) is 4.28. The van der Waals surface area contributed by atoms with Gasteiger partial charge in [0.05, 0.1) is 6.54 Å². The fourth-order valence-corrected chi connectivity index (χ4v) is 8.07. The topological polar surface area (TPSA) is 65.2 Å². The van der Waals surface area contributed by atoms with Crippen LogP contribution in [0.15, 0.2) is 30.5 Å². The molecule has 1 aromatic carbocycles. The summed E-state index contributed by atoms with van der Waals surface area (Å²) in [5.74, 6) is 3.22. The lowest BCUT2D eigenvalue weighted by molar-refractivity contribution is -0.136. The number of aromatic nitrogens is 1. The van der Waals surface area contributed by atoms with Gasteiger partial charge >= 0.3 is 0 Å². The molecule has 0 atom stereocenters. The number of H-pyrrole nitrogens is 1. The number of para-hydroxylation sites is 1. The Morgan fingerprint density at radius 2 is 1.66 bits per heavy atom. The number of fused-ring (bicyclic) bond motifs is 1. The van der Waals surface area contributed by atoms with Crippen molar-refractivity contribution in [2.24, 2.45) is 23.2 Å². The average molecular weight is 434 g/mol. The molecule has 1 aliphatic heterocycles. The maximum atomic E-state index is 12.8. The van der Waals surface area contributed by atoms with Crippen LogP contribution in [-0.2, 0) is 9.59 Å². The van der Waals surface area contributed by atoms with Gasteiger partial charge in [0.15, 0.2) is 0 Å². The van der Waals surface area contributed by atoms with Gasteiger partial charge in [-0.1, -0.05) is 18.2 Å². The van der Waals surface area contributed by atoms with Crippen molar-refractivity contribution in [3.8, 4) is 0 Å². The van der Waals surface area contributed by atoms with E-state index in [4.69, 9.17) is 0 Å². The molecule has 170 valence electrons. The van der Waals surface area contributed by atoms with Crippen LogP contribution >= 0.6 is 0 Å². The summed E-state index contributed by atoms with van der Waals surface area (Å²) < 4.78 is 0. The van der Waals surface area contributed by atoms with E-state index in [1.54, 1.807) is 0 Å². The van der Waals surface area contributed by atoms with Crippen LogP contribution in [0.3, 0.4) is 0 Å². The van der Waals surface area contributed by atoms with E-state index in [2.05, 4.69) is 40.8 Å². The van der Waals surface area contributed by atoms with Crippen molar-refractivity contribution in [1.29, 1.82) is 0 Å². The van der Waals surface area contributed by atoms with Gasteiger partial charge in [-0.3, -0.25) is 9.59 Å². The molecule has 32 heavy (non-hydrogen) atoms. The molecule has 2 amide bonds. The lowest BCUT2D eigenvalue weighted by Gasteiger charge is -2.56. The Bertz CT molecular complexity index is 982. The first-order chi connectivity index (χ1) is 15.6. The SMILES string of the molecule is O=C(CC12CC3CC(CC(C3)C1)C2)NCC(=O)N1CCC(c2c[nH]c3ccccc23)CC1. The summed E-state index contributed by atoms with van der Waals surface area (Å²) in [6.07, 6.45) is 12.6. The molecule has 5 heteroatoms. The highest BCUT2D eigenvalue weighted by molar-refractivity contribution is 5.85. The number of hydrogen-bond donors (Lipinski definition) is 2. The van der Waals surface area contributed by atoms with Gasteiger partial charge in [-0.2, -0.15) is 0 Å². The van der Waals surface area contributed by atoms with Crippen LogP contribution in [0, 0.1) is 23.2 Å². The van der Waals surface area contributed by atoms with E-state index >= 15 is 0 Å². The predicted molar refractivity (Wildman–Crippen MR) is 125 cm³/mol. The first-order valence-corrected chi connectivity index (χ1v) is 12.7. The van der Waals surface area contributed by atoms with Crippen molar-refractivity contribution in [2.75, 3.05) is 19.6 Å². The standard InChI is InChI=1S/C27H35N3O2/c31-25(15-27-12-18-9-19(13-27)11-20(10-18)14-27)29-17-26(32)30-7-5-21(6-8-30)23-16-28-24-4-2-1-3-22(23)24/h1-4,16,18-21,28H,5-15,17H2,(H,29,31). The zero-order chi connectivity index (χ0) is 21.7. The second-order valence-corrected chi connectivity index (χ2v) is 11.3. The number of piperidine rings is 1. The van der Waals surface area contributed by atoms with Gasteiger partial charge in [0.1, 0.15) is 0 Å². The lowest BCUT2D eigenvalue weighted by Crippen LogP contribution is -2.49. The Hall–Kier alpha value is -2.30. The highest BCUT2D eigenvalue weighted by Crippen LogP contribution is 2.61. The lowest BCUT2D eigenvalue weighted by atomic mass is 9.49. The third-order valence-electron chi connectivity index (χ3n) is 9.05. The molecule has 1 aromatic heterocycles. The molecule has 2 aromatic rings. The molecule has 7 rings (SSSR count). The normalized spacial score (nSPS) is 31.9. The fraction of sp³-hybridized carbons (Fsp3) is 0.630. The molecule has 0 spiro atoms. The van der Waals surface area contributed by atoms with E-state index in [1.165, 1.54) is 55.0 Å². The van der Waals surface area contributed by atoms with Crippen molar-refractivity contribution in [3.63, 3.8) is 0 Å². The number of likely N-dealkylation sites (tertiary alicyclic amines) is 1. The second-order valence-electron chi connectivity index (χ2n) is 11.3. The van der Waals surface area contributed by atoms with Crippen molar-refractivity contribution >= 4 is 22.7 Å². The number of benzene rings is 1. The Morgan fingerprint density at radius 1 is 1.00 bits per heavy atom. The van der Waals surface area contributed by atoms with Gasteiger partial charge in [-0.05, 0) is 92.1 Å². The van der Waals surface area contributed by atoms with Crippen LogP contribution in [0.4, 0.5) is 0 Å². The molecular formula is C27H35N3O2. The van der Waals surface area contributed by atoms with Crippen LogP contribution < -0.4 is 5.32 Å². The third kappa shape index (κ3) is 3.74. The van der Waals surface area contributed by atoms with Crippen molar-refractivity contribution in [2.45, 2.75) is 63.7 Å². The van der Waals surface area contributed by atoms with Crippen molar-refractivity contribution in [3.05, 3.63) is 36.0 Å². The molecule has 0 radical (unpaired) electrons. The van der Waals surface area contributed by atoms with Crippen LogP contribution in [-0.4, -0.2) is 41.3 Å². The molecule has 2 heterocycles. The number of nitrogens with one attached hydrogen (secondary N) is 2. The number of carbonyl (C=O) groups excluding carboxylic acids is 2. The minimum absolute atomic E-state index is 0.0706. The van der Waals surface area contributed by atoms with E-state index < -0.39 is 0 Å². The molecule has 5 fully saturated rings. The van der Waals surface area contributed by atoms with E-state index in [9.17, 15) is 9.59 Å². The predicted octanol–water partition coefficient (Wildman–Crippen LogP) is 4.60. The quantitative estimate of drug-likeness (QED) is 0.724. The Kier molecular flexibility index (Phi) is 5.03. The van der Waals surface area contributed by atoms with E-state index in [-0.39, 0.29) is 23.8 Å². The third-order valence-corrected chi connectivity index (χ3v) is 9.05. The van der Waals surface area contributed by atoms with Gasteiger partial charge in [-0.25, -0.2) is 0 Å². The highest BCUT2D eigenvalue weighted by atomic mass is 16.2. The number of hydrogen-bond acceptors (Lipinski definition) is 2. The first kappa shape index (κ1) is 20.3. The summed E-state index contributed by atoms with van der Waals surface area (Å²) in [7, 11) is 0. The average Bonchev–Trinajstić information content (AvgIpc) is 3.20. The van der Waals surface area contributed by atoms with Gasteiger partial charge in [0.25, 0.3) is 0 Å². The number of carbonyl (C=O) groups is 2. The second kappa shape index (κ2) is 7.93. The Balaban J connectivity index is 0.994. The molecule has 4 aliphatic carbocycles. The van der Waals surface area contributed by atoms with Gasteiger partial charge < -0.3 is 15.2 Å². The summed E-state index contributed by atoms with van der Waals surface area (Å²) in [5.41, 5.74) is 2.79. The highest BCUT2D eigenvalue weighted by Gasteiger charge is 2.51. The summed E-state index contributed by atoms with van der Waals surface area (Å²) in [4.78, 5) is 30.9. The van der Waals surface area contributed by atoms with Gasteiger partial charge in [-0.15, -0.1) is 0 Å². The maximum Gasteiger partial charge on any atom is 0.241 e. The minimum Gasteiger partial charge on any atom is -0.361 e. The fourth-order valence-electron chi connectivity index (χ4n) is 8.07. The van der Waals surface area contributed by atoms with Crippen LogP contribution in [0.2, 0.25) is 0 Å². The van der Waals surface area contributed by atoms with E-state index in [0.29, 0.717) is 12.3 Å². The molecule has 0 unspecified atom stereocenters. The number of rotatable bonds is 5. The Labute approximate surface area is 190 Å². The molecule has 1 saturated heterocycles. The first-order valence-electron chi connectivity index (χ1n) is 12.7. The minimum atomic E-state index is 0.0706. The van der Waals surface area contributed by atoms with E-state index in [1.807, 2.05) is 4.90 Å². The number of aromatic amines is 1. The van der Waals surface area contributed by atoms with Gasteiger partial charge in [0.2, 0.25) is 11.8 Å². The molecule has 2 N–H and O–H groups in total. The molecule has 5 nitrogen and oxygen atoms in total. The smallest absolute Gasteiger partial charge is 0.241 e. The molecule has 4 saturated carbocycles. The zero-order valence-corrected chi connectivity index (χ0v) is 18.9. The zero-order valence-electron chi connectivity index (χ0n) is 18.9. The number of amides is 2. The van der Waals surface area contributed by atoms with Gasteiger partial charge in [0, 0.05) is 36.6 Å². The van der Waals surface area contributed by atoms with Crippen molar-refractivity contribution in [1.82, 2.24) is 15.2 Å². The van der Waals surface area contributed by atoms with E-state index in [0.717, 1.165) is 43.7 Å². The van der Waals surface area contributed by atoms with Crippen LogP contribution in [0.5, 0.6) is 0 Å². The summed E-state index contributed by atoms with van der Waals surface area (Å²) >= 11 is 0. The molecule has 5 aliphatic rings. The van der Waals surface area contributed by atoms with Crippen LogP contribution in [0.1, 0.15) is 69.3 Å². The summed E-state index contributed by atoms with van der Waals surface area (Å²) in [6, 6.07) is 8.44. The molecule has 4 bridgehead atoms. The molecular weight excluding hydrogens is 398 g/mol. The maximum absolute atomic E-state index is 12.8. The Morgan fingerprint density at radius 3 is 2.34 bits per heavy atom.